The highest BCUT2D eigenvalue weighted by Gasteiger charge is 2.25. The molecule has 0 radical (unpaired) electrons. The Hall–Kier alpha value is -3.47. The molecule has 10 nitrogen and oxygen atoms in total. The molecule has 3 aromatic rings. The minimum Gasteiger partial charge on any atom is -0.493 e. The lowest BCUT2D eigenvalue weighted by Crippen LogP contribution is -2.41. The number of nitrogens with zero attached hydrogens (tertiary/aromatic N) is 2. The van der Waals surface area contributed by atoms with E-state index in [1.165, 1.54) is 30.2 Å². The Balaban J connectivity index is 1.36. The van der Waals surface area contributed by atoms with Gasteiger partial charge in [-0.3, -0.25) is 4.52 Å². The van der Waals surface area contributed by atoms with Gasteiger partial charge in [0.2, 0.25) is 0 Å². The molecule has 190 valence electrons. The van der Waals surface area contributed by atoms with Crippen molar-refractivity contribution < 1.29 is 37.3 Å². The third-order valence-electron chi connectivity index (χ3n) is 5.38. The molecule has 2 heterocycles. The van der Waals surface area contributed by atoms with E-state index in [0.717, 1.165) is 11.1 Å². The lowest BCUT2D eigenvalue weighted by Gasteiger charge is -2.30. The number of phosphoric acid groups is 1. The van der Waals surface area contributed by atoms with E-state index in [4.69, 9.17) is 29.5 Å². The summed E-state index contributed by atoms with van der Waals surface area (Å²) < 4.78 is 45.4. The Kier molecular flexibility index (Phi) is 7.88. The first kappa shape index (κ1) is 25.6. The Morgan fingerprint density at radius 1 is 1.14 bits per heavy atom. The van der Waals surface area contributed by atoms with Crippen molar-refractivity contribution in [3.05, 3.63) is 95.3 Å². The van der Waals surface area contributed by atoms with Crippen molar-refractivity contribution in [1.82, 2.24) is 10.1 Å². The average molecular weight is 517 g/mol. The molecule has 0 aliphatic carbocycles. The van der Waals surface area contributed by atoms with E-state index < -0.39 is 19.8 Å². The number of ether oxygens (including phenoxy) is 2. The van der Waals surface area contributed by atoms with E-state index in [1.807, 2.05) is 24.3 Å². The van der Waals surface area contributed by atoms with Gasteiger partial charge in [-0.15, -0.1) is 0 Å². The third kappa shape index (κ3) is 6.60. The Morgan fingerprint density at radius 3 is 2.61 bits per heavy atom. The summed E-state index contributed by atoms with van der Waals surface area (Å²) in [5, 5.41) is 4.11. The molecule has 0 saturated heterocycles. The molecule has 1 unspecified atom stereocenters. The number of allylic oxidation sites excluding steroid dienone is 2. The summed E-state index contributed by atoms with van der Waals surface area (Å²) in [4.78, 5) is 19.3. The zero-order valence-electron chi connectivity index (χ0n) is 19.3. The summed E-state index contributed by atoms with van der Waals surface area (Å²) in [6, 6.07) is 13.6. The van der Waals surface area contributed by atoms with Gasteiger partial charge in [0.15, 0.2) is 17.3 Å². The fourth-order valence-corrected chi connectivity index (χ4v) is 3.82. The molecule has 1 aliphatic heterocycles. The molecule has 0 fully saturated rings. The third-order valence-corrected chi connectivity index (χ3v) is 5.83. The van der Waals surface area contributed by atoms with E-state index in [-0.39, 0.29) is 13.3 Å². The van der Waals surface area contributed by atoms with Gasteiger partial charge in [0, 0.05) is 30.3 Å². The molecule has 0 amide bonds. The van der Waals surface area contributed by atoms with Gasteiger partial charge >= 0.3 is 7.82 Å². The number of hydrogen-bond donors (Lipinski definition) is 3. The first-order valence-electron chi connectivity index (χ1n) is 10.8. The van der Waals surface area contributed by atoms with E-state index in [1.54, 1.807) is 24.4 Å². The molecule has 1 atom stereocenters. The van der Waals surface area contributed by atoms with Crippen LogP contribution in [-0.2, 0) is 22.1 Å². The van der Waals surface area contributed by atoms with Crippen LogP contribution < -0.4 is 15.2 Å². The van der Waals surface area contributed by atoms with E-state index >= 15 is 0 Å². The van der Waals surface area contributed by atoms with Gasteiger partial charge in [0.1, 0.15) is 25.3 Å². The van der Waals surface area contributed by atoms with Crippen LogP contribution in [0.4, 0.5) is 4.39 Å². The number of hydrogen-bond acceptors (Lipinski definition) is 8. The number of halogens is 1. The smallest absolute Gasteiger partial charge is 0.471 e. The van der Waals surface area contributed by atoms with Crippen molar-refractivity contribution in [2.24, 2.45) is 5.73 Å². The van der Waals surface area contributed by atoms with Crippen LogP contribution in [0.5, 0.6) is 11.5 Å². The number of benzene rings is 2. The summed E-state index contributed by atoms with van der Waals surface area (Å²) in [5.74, 6) is 0.817. The van der Waals surface area contributed by atoms with Crippen molar-refractivity contribution in [1.29, 1.82) is 0 Å². The maximum absolute atomic E-state index is 13.5. The van der Waals surface area contributed by atoms with Crippen LogP contribution >= 0.6 is 7.82 Å². The second-order valence-electron chi connectivity index (χ2n) is 7.93. The molecule has 4 rings (SSSR count). The molecule has 12 heteroatoms. The molecular weight excluding hydrogens is 492 g/mol. The zero-order valence-corrected chi connectivity index (χ0v) is 20.2. The molecule has 1 aliphatic rings. The number of aromatic nitrogens is 1. The van der Waals surface area contributed by atoms with Crippen LogP contribution in [0.25, 0.3) is 5.57 Å². The Morgan fingerprint density at radius 2 is 1.89 bits per heavy atom. The van der Waals surface area contributed by atoms with Crippen molar-refractivity contribution in [2.45, 2.75) is 19.2 Å². The fraction of sp³-hybridized carbons (Fsp3) is 0.208. The maximum Gasteiger partial charge on any atom is 0.471 e. The monoisotopic (exact) mass is 517 g/mol. The normalized spacial score (nSPS) is 15.6. The second kappa shape index (κ2) is 11.1. The van der Waals surface area contributed by atoms with Crippen LogP contribution in [0, 0.1) is 5.82 Å². The van der Waals surface area contributed by atoms with Gasteiger partial charge in [0.05, 0.1) is 12.8 Å². The van der Waals surface area contributed by atoms with Gasteiger partial charge in [-0.2, -0.15) is 0 Å². The number of phosphoric ester groups is 1. The van der Waals surface area contributed by atoms with Crippen molar-refractivity contribution >= 4 is 13.4 Å². The number of rotatable bonds is 10. The summed E-state index contributed by atoms with van der Waals surface area (Å²) in [7, 11) is -3.13. The highest BCUT2D eigenvalue weighted by molar-refractivity contribution is 7.46. The van der Waals surface area contributed by atoms with E-state index in [0.29, 0.717) is 34.9 Å². The molecule has 1 aromatic heterocycles. The van der Waals surface area contributed by atoms with Gasteiger partial charge in [-0.1, -0.05) is 35.5 Å². The molecule has 0 spiro atoms. The van der Waals surface area contributed by atoms with E-state index in [9.17, 15) is 8.96 Å². The topological polar surface area (TPSA) is 141 Å². The predicted octanol–water partition coefficient (Wildman–Crippen LogP) is 3.56. The first-order valence-corrected chi connectivity index (χ1v) is 12.3. The first-order chi connectivity index (χ1) is 17.2. The highest BCUT2D eigenvalue weighted by Crippen LogP contribution is 2.36. The molecule has 2 aromatic carbocycles. The minimum atomic E-state index is -4.63. The van der Waals surface area contributed by atoms with Crippen molar-refractivity contribution in [3.63, 3.8) is 0 Å². The van der Waals surface area contributed by atoms with Gasteiger partial charge in [-0.25, -0.2) is 8.96 Å². The van der Waals surface area contributed by atoms with Crippen LogP contribution in [-0.4, -0.2) is 39.8 Å². The standard InChI is InChI=1S/C24H25FN3O7P/c1-32-21-9-8-18(25)12-23(21)33-14-17-6-4-16(5-7-17)11-19-13-22(35-27-19)20-3-2-10-28(24(20)26)15-34-36(29,30)31/h2-10,12-13,24H,11,14-15,26H2,1H3,(H2,29,30,31). The van der Waals surface area contributed by atoms with Gasteiger partial charge in [-0.05, 0) is 29.3 Å². The number of nitrogens with two attached hydrogens (primary N) is 1. The summed E-state index contributed by atoms with van der Waals surface area (Å²) in [5.41, 5.74) is 9.36. The summed E-state index contributed by atoms with van der Waals surface area (Å²) in [6.45, 7) is -0.141. The van der Waals surface area contributed by atoms with Gasteiger partial charge in [0.25, 0.3) is 0 Å². The molecule has 36 heavy (non-hydrogen) atoms. The fourth-order valence-electron chi connectivity index (χ4n) is 3.54. The Labute approximate surface area is 206 Å². The zero-order chi connectivity index (χ0) is 25.7. The van der Waals surface area contributed by atoms with Gasteiger partial charge < -0.3 is 34.4 Å². The minimum absolute atomic E-state index is 0.246. The number of methoxy groups -OCH3 is 1. The second-order valence-corrected chi connectivity index (χ2v) is 9.17. The summed E-state index contributed by atoms with van der Waals surface area (Å²) >= 11 is 0. The SMILES string of the molecule is COc1ccc(F)cc1OCc1ccc(Cc2cc(C3=CC=CN(COP(=O)(O)O)C3N)on2)cc1. The van der Waals surface area contributed by atoms with Crippen LogP contribution in [0.1, 0.15) is 22.6 Å². The van der Waals surface area contributed by atoms with Crippen molar-refractivity contribution in [3.8, 4) is 11.5 Å². The van der Waals surface area contributed by atoms with Crippen LogP contribution in [0.15, 0.2) is 71.4 Å². The van der Waals surface area contributed by atoms with E-state index in [2.05, 4.69) is 9.68 Å². The molecule has 0 bridgehead atoms. The summed E-state index contributed by atoms with van der Waals surface area (Å²) in [6.07, 6.45) is 4.75. The molecule has 0 saturated carbocycles. The lowest BCUT2D eigenvalue weighted by molar-refractivity contribution is 0.110. The lowest BCUT2D eigenvalue weighted by atomic mass is 10.0. The van der Waals surface area contributed by atoms with Crippen LogP contribution in [0.3, 0.4) is 0 Å². The molecular formula is C24H25FN3O7P. The quantitative estimate of drug-likeness (QED) is 0.342. The maximum atomic E-state index is 13.5. The predicted molar refractivity (Wildman–Crippen MR) is 128 cm³/mol. The highest BCUT2D eigenvalue weighted by atomic mass is 31.2. The largest absolute Gasteiger partial charge is 0.493 e. The van der Waals surface area contributed by atoms with Crippen molar-refractivity contribution in [2.75, 3.05) is 13.8 Å². The average Bonchev–Trinajstić information content (AvgIpc) is 3.30. The molecule has 4 N–H and O–H groups in total. The Bertz CT molecular complexity index is 1300. The van der Waals surface area contributed by atoms with Crippen LogP contribution in [0.2, 0.25) is 0 Å².